The highest BCUT2D eigenvalue weighted by Crippen LogP contribution is 2.27. The molecule has 5 nitrogen and oxygen atoms in total. The Kier molecular flexibility index (Phi) is 3.01. The van der Waals surface area contributed by atoms with Crippen LogP contribution in [0.4, 0.5) is 0 Å². The largest absolute Gasteiger partial charge is 0.360 e. The highest BCUT2D eigenvalue weighted by Gasteiger charge is 2.14. The van der Waals surface area contributed by atoms with E-state index in [0.29, 0.717) is 16.5 Å². The molecule has 1 heterocycles. The minimum Gasteiger partial charge on any atom is -0.360 e. The highest BCUT2D eigenvalue weighted by molar-refractivity contribution is 7.89. The van der Waals surface area contributed by atoms with Gasteiger partial charge in [0.05, 0.1) is 11.6 Å². The normalized spacial score (nSPS) is 11.4. The molecule has 104 valence electrons. The van der Waals surface area contributed by atoms with Crippen molar-refractivity contribution >= 4 is 20.9 Å². The van der Waals surface area contributed by atoms with E-state index in [-0.39, 0.29) is 4.90 Å². The number of nitriles is 1. The van der Waals surface area contributed by atoms with Crippen LogP contribution >= 0.6 is 0 Å². The van der Waals surface area contributed by atoms with E-state index < -0.39 is 10.0 Å². The van der Waals surface area contributed by atoms with Crippen LogP contribution in [0, 0.1) is 11.3 Å². The SMILES string of the molecule is N#Cc1ccc(-c2ccc3c(S(N)(=O)=O)c[nH]c3c2)cc1. The van der Waals surface area contributed by atoms with Crippen LogP contribution in [0.1, 0.15) is 5.56 Å². The third-order valence-corrected chi connectivity index (χ3v) is 4.25. The van der Waals surface area contributed by atoms with E-state index in [1.807, 2.05) is 24.3 Å². The molecule has 21 heavy (non-hydrogen) atoms. The molecule has 0 atom stereocenters. The molecule has 0 aliphatic carbocycles. The quantitative estimate of drug-likeness (QED) is 0.759. The van der Waals surface area contributed by atoms with E-state index in [2.05, 4.69) is 11.1 Å². The third kappa shape index (κ3) is 2.40. The van der Waals surface area contributed by atoms with Crippen LogP contribution in [-0.4, -0.2) is 13.4 Å². The first-order valence-electron chi connectivity index (χ1n) is 6.13. The molecule has 0 spiro atoms. The average molecular weight is 297 g/mol. The topological polar surface area (TPSA) is 99.7 Å². The number of hydrogen-bond acceptors (Lipinski definition) is 3. The molecule has 6 heteroatoms. The second kappa shape index (κ2) is 4.74. The Balaban J connectivity index is 2.12. The van der Waals surface area contributed by atoms with Crippen LogP contribution in [0.15, 0.2) is 53.6 Å². The van der Waals surface area contributed by atoms with Crippen molar-refractivity contribution in [2.24, 2.45) is 5.14 Å². The number of hydrogen-bond donors (Lipinski definition) is 2. The van der Waals surface area contributed by atoms with Gasteiger partial charge in [-0.05, 0) is 29.3 Å². The fourth-order valence-electron chi connectivity index (χ4n) is 2.25. The molecule has 0 fully saturated rings. The maximum Gasteiger partial charge on any atom is 0.240 e. The van der Waals surface area contributed by atoms with Crippen molar-refractivity contribution in [3.63, 3.8) is 0 Å². The Morgan fingerprint density at radius 2 is 1.71 bits per heavy atom. The van der Waals surface area contributed by atoms with E-state index in [0.717, 1.165) is 11.1 Å². The first kappa shape index (κ1) is 13.4. The molecule has 0 radical (unpaired) electrons. The summed E-state index contributed by atoms with van der Waals surface area (Å²) in [6.45, 7) is 0. The predicted octanol–water partition coefficient (Wildman–Crippen LogP) is 2.35. The van der Waals surface area contributed by atoms with Crippen LogP contribution in [0.25, 0.3) is 22.0 Å². The number of nitrogens with one attached hydrogen (secondary N) is 1. The van der Waals surface area contributed by atoms with Crippen molar-refractivity contribution < 1.29 is 8.42 Å². The number of aromatic amines is 1. The van der Waals surface area contributed by atoms with Gasteiger partial charge in [-0.2, -0.15) is 5.26 Å². The first-order valence-corrected chi connectivity index (χ1v) is 7.68. The zero-order valence-corrected chi connectivity index (χ0v) is 11.7. The minimum atomic E-state index is -3.74. The minimum absolute atomic E-state index is 0.0869. The molecule has 0 saturated heterocycles. The second-order valence-electron chi connectivity index (χ2n) is 4.65. The Morgan fingerprint density at radius 3 is 2.33 bits per heavy atom. The van der Waals surface area contributed by atoms with Crippen molar-refractivity contribution in [3.8, 4) is 17.2 Å². The number of rotatable bonds is 2. The zero-order chi connectivity index (χ0) is 15.0. The van der Waals surface area contributed by atoms with Crippen LogP contribution in [0.2, 0.25) is 0 Å². The van der Waals surface area contributed by atoms with E-state index in [4.69, 9.17) is 10.4 Å². The Bertz CT molecular complexity index is 964. The van der Waals surface area contributed by atoms with Gasteiger partial charge in [0.2, 0.25) is 10.0 Å². The van der Waals surface area contributed by atoms with E-state index in [1.54, 1.807) is 18.2 Å². The smallest absolute Gasteiger partial charge is 0.240 e. The van der Waals surface area contributed by atoms with Gasteiger partial charge in [-0.1, -0.05) is 24.3 Å². The molecular weight excluding hydrogens is 286 g/mol. The van der Waals surface area contributed by atoms with Gasteiger partial charge in [0.15, 0.2) is 0 Å². The molecule has 1 aromatic heterocycles. The number of H-pyrrole nitrogens is 1. The molecule has 0 bridgehead atoms. The number of nitrogens with two attached hydrogens (primary N) is 1. The van der Waals surface area contributed by atoms with Gasteiger partial charge in [-0.3, -0.25) is 0 Å². The number of nitrogens with zero attached hydrogens (tertiary/aromatic N) is 1. The van der Waals surface area contributed by atoms with Gasteiger partial charge in [-0.25, -0.2) is 13.6 Å². The molecule has 0 aliphatic rings. The van der Waals surface area contributed by atoms with Gasteiger partial charge in [0.1, 0.15) is 4.90 Å². The third-order valence-electron chi connectivity index (χ3n) is 3.30. The fraction of sp³-hybridized carbons (Fsp3) is 0. The highest BCUT2D eigenvalue weighted by atomic mass is 32.2. The van der Waals surface area contributed by atoms with E-state index >= 15 is 0 Å². The molecule has 0 unspecified atom stereocenters. The Hall–Kier alpha value is -2.62. The Morgan fingerprint density at radius 1 is 1.05 bits per heavy atom. The summed E-state index contributed by atoms with van der Waals surface area (Å²) in [5.74, 6) is 0. The first-order chi connectivity index (χ1) is 9.99. The van der Waals surface area contributed by atoms with Crippen molar-refractivity contribution in [3.05, 3.63) is 54.2 Å². The molecule has 3 aromatic rings. The summed E-state index contributed by atoms with van der Waals surface area (Å²) in [7, 11) is -3.74. The summed E-state index contributed by atoms with van der Waals surface area (Å²) in [6, 6.07) is 14.6. The summed E-state index contributed by atoms with van der Waals surface area (Å²) in [5, 5.41) is 14.5. The zero-order valence-electron chi connectivity index (χ0n) is 10.9. The Labute approximate surface area is 121 Å². The molecule has 0 saturated carbocycles. The second-order valence-corrected chi connectivity index (χ2v) is 6.18. The number of benzene rings is 2. The molecule has 3 N–H and O–H groups in total. The van der Waals surface area contributed by atoms with Gasteiger partial charge in [-0.15, -0.1) is 0 Å². The summed E-state index contributed by atoms with van der Waals surface area (Å²) < 4.78 is 22.9. The van der Waals surface area contributed by atoms with Crippen LogP contribution in [0.5, 0.6) is 0 Å². The van der Waals surface area contributed by atoms with Crippen molar-refractivity contribution in [2.45, 2.75) is 4.90 Å². The van der Waals surface area contributed by atoms with Gasteiger partial charge >= 0.3 is 0 Å². The van der Waals surface area contributed by atoms with Crippen molar-refractivity contribution in [1.29, 1.82) is 5.26 Å². The molecule has 0 amide bonds. The predicted molar refractivity (Wildman–Crippen MR) is 79.8 cm³/mol. The molecule has 2 aromatic carbocycles. The van der Waals surface area contributed by atoms with Crippen molar-refractivity contribution in [2.75, 3.05) is 0 Å². The van der Waals surface area contributed by atoms with Gasteiger partial charge in [0, 0.05) is 17.1 Å². The fourth-order valence-corrected chi connectivity index (χ4v) is 2.96. The number of aromatic nitrogens is 1. The molecule has 3 rings (SSSR count). The van der Waals surface area contributed by atoms with Crippen molar-refractivity contribution in [1.82, 2.24) is 4.98 Å². The van der Waals surface area contributed by atoms with Crippen LogP contribution in [-0.2, 0) is 10.0 Å². The van der Waals surface area contributed by atoms with Crippen LogP contribution < -0.4 is 5.14 Å². The molecule has 0 aliphatic heterocycles. The summed E-state index contributed by atoms with van der Waals surface area (Å²) in [4.78, 5) is 3.00. The lowest BCUT2D eigenvalue weighted by molar-refractivity contribution is 0.598. The summed E-state index contributed by atoms with van der Waals surface area (Å²) in [6.07, 6.45) is 1.39. The summed E-state index contributed by atoms with van der Waals surface area (Å²) >= 11 is 0. The number of primary sulfonamides is 1. The number of sulfonamides is 1. The maximum atomic E-state index is 11.5. The van der Waals surface area contributed by atoms with Gasteiger partial charge < -0.3 is 4.98 Å². The molecular formula is C15H11N3O2S. The lowest BCUT2D eigenvalue weighted by Gasteiger charge is -2.03. The van der Waals surface area contributed by atoms with Gasteiger partial charge in [0.25, 0.3) is 0 Å². The summed E-state index contributed by atoms with van der Waals surface area (Å²) in [5.41, 5.74) is 3.16. The lowest BCUT2D eigenvalue weighted by Crippen LogP contribution is -2.11. The monoisotopic (exact) mass is 297 g/mol. The lowest BCUT2D eigenvalue weighted by atomic mass is 10.0. The van der Waals surface area contributed by atoms with E-state index in [9.17, 15) is 8.42 Å². The average Bonchev–Trinajstić information content (AvgIpc) is 2.90. The maximum absolute atomic E-state index is 11.5. The standard InChI is InChI=1S/C15H11N3O2S/c16-8-10-1-3-11(4-2-10)12-5-6-13-14(7-12)18-9-15(13)21(17,19)20/h1-7,9,18H,(H2,17,19,20). The number of fused-ring (bicyclic) bond motifs is 1. The van der Waals surface area contributed by atoms with E-state index in [1.165, 1.54) is 6.20 Å². The van der Waals surface area contributed by atoms with Crippen LogP contribution in [0.3, 0.4) is 0 Å².